The Morgan fingerprint density at radius 1 is 1.03 bits per heavy atom. The largest absolute Gasteiger partial charge is 0.508 e. The van der Waals surface area contributed by atoms with Crippen molar-refractivity contribution >= 4 is 35.1 Å². The maximum absolute atomic E-state index is 12.2. The summed E-state index contributed by atoms with van der Waals surface area (Å²) in [6, 6.07) is 10.1. The van der Waals surface area contributed by atoms with Gasteiger partial charge in [0.2, 0.25) is 5.91 Å². The Hall–Kier alpha value is -3.70. The van der Waals surface area contributed by atoms with E-state index in [1.807, 2.05) is 0 Å². The predicted octanol–water partition coefficient (Wildman–Crippen LogP) is 1.63. The first-order valence-corrected chi connectivity index (χ1v) is 8.87. The number of carbonyl (C=O) groups excluding carboxylic acids is 3. The second kappa shape index (κ2) is 10.6. The first-order chi connectivity index (χ1) is 13.8. The Kier molecular flexibility index (Phi) is 7.88. The third kappa shape index (κ3) is 7.44. The Bertz CT molecular complexity index is 982. The summed E-state index contributed by atoms with van der Waals surface area (Å²) < 4.78 is 0. The minimum Gasteiger partial charge on any atom is -0.508 e. The van der Waals surface area contributed by atoms with Crippen LogP contribution in [0.2, 0.25) is 5.02 Å². The molecule has 0 unspecified atom stereocenters. The maximum atomic E-state index is 12.2. The molecule has 9 heteroatoms. The van der Waals surface area contributed by atoms with Gasteiger partial charge < -0.3 is 26.8 Å². The molecule has 29 heavy (non-hydrogen) atoms. The number of rotatable bonds is 6. The van der Waals surface area contributed by atoms with Crippen molar-refractivity contribution in [2.45, 2.75) is 6.42 Å². The van der Waals surface area contributed by atoms with Crippen molar-refractivity contribution in [1.29, 1.82) is 0 Å². The number of phenols is 1. The van der Waals surface area contributed by atoms with Crippen LogP contribution in [0.1, 0.15) is 15.9 Å². The number of hydrogen-bond donors (Lipinski definition) is 5. The molecule has 6 N–H and O–H groups in total. The van der Waals surface area contributed by atoms with E-state index >= 15 is 0 Å². The van der Waals surface area contributed by atoms with Crippen LogP contribution in [0, 0.1) is 11.8 Å². The lowest BCUT2D eigenvalue weighted by atomic mass is 10.1. The zero-order valence-corrected chi connectivity index (χ0v) is 16.0. The highest BCUT2D eigenvalue weighted by atomic mass is 35.5. The molecule has 8 nitrogen and oxygen atoms in total. The van der Waals surface area contributed by atoms with Gasteiger partial charge in [-0.2, -0.15) is 0 Å². The molecule has 0 aromatic heterocycles. The van der Waals surface area contributed by atoms with Crippen LogP contribution in [0.15, 0.2) is 42.5 Å². The summed E-state index contributed by atoms with van der Waals surface area (Å²) in [5.41, 5.74) is 6.24. The number of primary amides is 1. The van der Waals surface area contributed by atoms with Gasteiger partial charge >= 0.3 is 6.03 Å². The number of anilines is 1. The number of aromatic hydroxyl groups is 1. The monoisotopic (exact) mass is 414 g/mol. The Balaban J connectivity index is 1.77. The lowest BCUT2D eigenvalue weighted by Crippen LogP contribution is -2.26. The first kappa shape index (κ1) is 21.6. The minimum absolute atomic E-state index is 0.0467. The predicted molar refractivity (Wildman–Crippen MR) is 110 cm³/mol. The highest BCUT2D eigenvalue weighted by Crippen LogP contribution is 2.20. The van der Waals surface area contributed by atoms with Gasteiger partial charge in [0.15, 0.2) is 0 Å². The fourth-order valence-electron chi connectivity index (χ4n) is 2.32. The van der Waals surface area contributed by atoms with E-state index < -0.39 is 11.9 Å². The van der Waals surface area contributed by atoms with E-state index in [-0.39, 0.29) is 41.8 Å². The number of halogens is 1. The summed E-state index contributed by atoms with van der Waals surface area (Å²) >= 11 is 6.00. The average molecular weight is 415 g/mol. The second-order valence-electron chi connectivity index (χ2n) is 5.84. The lowest BCUT2D eigenvalue weighted by Gasteiger charge is -2.07. The van der Waals surface area contributed by atoms with Gasteiger partial charge in [0, 0.05) is 5.69 Å². The molecule has 0 fully saturated rings. The quantitative estimate of drug-likeness (QED) is 0.459. The number of nitrogens with one attached hydrogen (secondary N) is 3. The van der Waals surface area contributed by atoms with Crippen molar-refractivity contribution < 1.29 is 19.5 Å². The molecular formula is C20H19ClN4O4. The molecule has 4 amide bonds. The van der Waals surface area contributed by atoms with Crippen molar-refractivity contribution in [2.75, 3.05) is 18.4 Å². The van der Waals surface area contributed by atoms with Crippen LogP contribution in [0.4, 0.5) is 10.5 Å². The molecule has 0 radical (unpaired) electrons. The number of hydrogen-bond acceptors (Lipinski definition) is 4. The zero-order valence-electron chi connectivity index (χ0n) is 15.3. The standard InChI is InChI=1S/C20H19ClN4O4/c21-17-7-6-14(25-20(22)29)12-16(17)19(28)24-9-2-1-8-23-18(27)11-13-4-3-5-15(26)10-13/h3-7,10,12,26H,8-9,11H2,(H,23,27)(H,24,28)(H3,22,25,29). The summed E-state index contributed by atoms with van der Waals surface area (Å²) in [6.45, 7) is 0.164. The maximum Gasteiger partial charge on any atom is 0.316 e. The van der Waals surface area contributed by atoms with Gasteiger partial charge in [-0.1, -0.05) is 35.6 Å². The minimum atomic E-state index is -0.754. The molecule has 0 saturated heterocycles. The van der Waals surface area contributed by atoms with Gasteiger partial charge in [-0.15, -0.1) is 0 Å². The van der Waals surface area contributed by atoms with Crippen molar-refractivity contribution in [3.8, 4) is 17.6 Å². The van der Waals surface area contributed by atoms with Crippen LogP contribution in [0.25, 0.3) is 0 Å². The number of nitrogens with two attached hydrogens (primary N) is 1. The fraction of sp³-hybridized carbons (Fsp3) is 0.150. The molecule has 2 aromatic carbocycles. The van der Waals surface area contributed by atoms with E-state index in [4.69, 9.17) is 17.3 Å². The molecule has 0 saturated carbocycles. The van der Waals surface area contributed by atoms with Gasteiger partial charge in [-0.25, -0.2) is 4.79 Å². The third-order valence-electron chi connectivity index (χ3n) is 3.59. The Morgan fingerprint density at radius 2 is 1.76 bits per heavy atom. The van der Waals surface area contributed by atoms with E-state index in [0.717, 1.165) is 0 Å². The fourth-order valence-corrected chi connectivity index (χ4v) is 2.52. The van der Waals surface area contributed by atoms with Gasteiger partial charge in [-0.05, 0) is 35.9 Å². The van der Waals surface area contributed by atoms with Crippen LogP contribution >= 0.6 is 11.6 Å². The lowest BCUT2D eigenvalue weighted by molar-refractivity contribution is -0.120. The molecular weight excluding hydrogens is 396 g/mol. The highest BCUT2D eigenvalue weighted by Gasteiger charge is 2.11. The van der Waals surface area contributed by atoms with E-state index in [1.165, 1.54) is 30.3 Å². The van der Waals surface area contributed by atoms with Crippen LogP contribution < -0.4 is 21.7 Å². The van der Waals surface area contributed by atoms with Crippen molar-refractivity contribution in [2.24, 2.45) is 5.73 Å². The average Bonchev–Trinajstić information content (AvgIpc) is 2.65. The van der Waals surface area contributed by atoms with Crippen molar-refractivity contribution in [1.82, 2.24) is 10.6 Å². The highest BCUT2D eigenvalue weighted by molar-refractivity contribution is 6.34. The van der Waals surface area contributed by atoms with E-state index in [0.29, 0.717) is 11.3 Å². The summed E-state index contributed by atoms with van der Waals surface area (Å²) in [4.78, 5) is 34.9. The van der Waals surface area contributed by atoms with Crippen LogP contribution in [0.5, 0.6) is 5.75 Å². The second-order valence-corrected chi connectivity index (χ2v) is 6.25. The van der Waals surface area contributed by atoms with E-state index in [2.05, 4.69) is 27.8 Å². The molecule has 2 aromatic rings. The van der Waals surface area contributed by atoms with Gasteiger partial charge in [0.1, 0.15) is 5.75 Å². The summed E-state index contributed by atoms with van der Waals surface area (Å²) in [6.07, 6.45) is 0.126. The molecule has 0 aliphatic heterocycles. The smallest absolute Gasteiger partial charge is 0.316 e. The molecule has 0 aliphatic rings. The summed E-state index contributed by atoms with van der Waals surface area (Å²) in [5.74, 6) is 4.83. The summed E-state index contributed by atoms with van der Waals surface area (Å²) in [5, 5.41) is 17.1. The Labute approximate surface area is 172 Å². The molecule has 2 rings (SSSR count). The number of benzene rings is 2. The molecule has 0 heterocycles. The number of amides is 4. The van der Waals surface area contributed by atoms with Gasteiger partial charge in [0.25, 0.3) is 5.91 Å². The normalized spacial score (nSPS) is 9.69. The molecule has 0 atom stereocenters. The molecule has 150 valence electrons. The topological polar surface area (TPSA) is 134 Å². The van der Waals surface area contributed by atoms with Crippen LogP contribution in [0.3, 0.4) is 0 Å². The van der Waals surface area contributed by atoms with Crippen molar-refractivity contribution in [3.05, 3.63) is 58.6 Å². The number of carbonyl (C=O) groups is 3. The van der Waals surface area contributed by atoms with Gasteiger partial charge in [-0.3, -0.25) is 9.59 Å². The third-order valence-corrected chi connectivity index (χ3v) is 3.92. The molecule has 0 spiro atoms. The first-order valence-electron chi connectivity index (χ1n) is 8.49. The van der Waals surface area contributed by atoms with Crippen LogP contribution in [-0.2, 0) is 11.2 Å². The molecule has 0 aliphatic carbocycles. The number of urea groups is 1. The zero-order chi connectivity index (χ0) is 21.2. The Morgan fingerprint density at radius 3 is 2.45 bits per heavy atom. The van der Waals surface area contributed by atoms with E-state index in [9.17, 15) is 19.5 Å². The van der Waals surface area contributed by atoms with Crippen LogP contribution in [-0.4, -0.2) is 36.0 Å². The van der Waals surface area contributed by atoms with E-state index in [1.54, 1.807) is 12.1 Å². The SMILES string of the molecule is NC(=O)Nc1ccc(Cl)c(C(=O)NCC#CCNC(=O)Cc2cccc(O)c2)c1. The summed E-state index contributed by atoms with van der Waals surface area (Å²) in [7, 11) is 0. The van der Waals surface area contributed by atoms with Crippen molar-refractivity contribution in [3.63, 3.8) is 0 Å². The number of phenolic OH excluding ortho intramolecular Hbond substituents is 1. The molecule has 0 bridgehead atoms. The van der Waals surface area contributed by atoms with Gasteiger partial charge in [0.05, 0.1) is 30.1 Å².